The third kappa shape index (κ3) is 2.84. The van der Waals surface area contributed by atoms with E-state index in [0.717, 1.165) is 30.9 Å². The van der Waals surface area contributed by atoms with E-state index in [-0.39, 0.29) is 29.9 Å². The van der Waals surface area contributed by atoms with Gasteiger partial charge in [-0.1, -0.05) is 6.07 Å². The van der Waals surface area contributed by atoms with Crippen LogP contribution >= 0.6 is 12.4 Å². The standard InChI is InChI=1S/C19H22N6O2.ClH/c1-23-5-6-24-19(23)14(10-22-24)18(27)21-11-16-13-7-12(8-20-9-13)15-3-2-4-17(26)25(15)16;/h2-6,10,12-13,16,20H,7-9,11H2,1H3,(H,21,27);1H/t12-,13+,16+;/m1./s1. The Bertz CT molecular complexity index is 1080. The third-order valence-electron chi connectivity index (χ3n) is 5.95. The van der Waals surface area contributed by atoms with Gasteiger partial charge in [0, 0.05) is 56.8 Å². The van der Waals surface area contributed by atoms with Crippen LogP contribution in [-0.2, 0) is 7.05 Å². The lowest BCUT2D eigenvalue weighted by Crippen LogP contribution is -2.50. The van der Waals surface area contributed by atoms with Gasteiger partial charge in [-0.25, -0.2) is 4.52 Å². The van der Waals surface area contributed by atoms with Crippen molar-refractivity contribution < 1.29 is 4.79 Å². The van der Waals surface area contributed by atoms with E-state index in [1.165, 1.54) is 0 Å². The molecule has 0 radical (unpaired) electrons. The fraction of sp³-hybridized carbons (Fsp3) is 0.421. The van der Waals surface area contributed by atoms with Gasteiger partial charge >= 0.3 is 0 Å². The van der Waals surface area contributed by atoms with Crippen LogP contribution in [0.25, 0.3) is 5.65 Å². The average Bonchev–Trinajstić information content (AvgIpc) is 3.25. The number of amides is 1. The molecule has 1 amide bonds. The van der Waals surface area contributed by atoms with Crippen molar-refractivity contribution in [3.8, 4) is 0 Å². The highest BCUT2D eigenvalue weighted by Crippen LogP contribution is 2.38. The molecule has 8 nitrogen and oxygen atoms in total. The molecule has 1 saturated heterocycles. The topological polar surface area (TPSA) is 85.4 Å². The van der Waals surface area contributed by atoms with Crippen LogP contribution in [0.2, 0.25) is 0 Å². The van der Waals surface area contributed by atoms with E-state index in [4.69, 9.17) is 0 Å². The number of rotatable bonds is 3. The molecule has 28 heavy (non-hydrogen) atoms. The van der Waals surface area contributed by atoms with E-state index in [1.807, 2.05) is 40.7 Å². The van der Waals surface area contributed by atoms with Crippen LogP contribution in [0.1, 0.15) is 34.4 Å². The fourth-order valence-electron chi connectivity index (χ4n) is 4.67. The quantitative estimate of drug-likeness (QED) is 0.682. The Morgan fingerprint density at radius 1 is 1.32 bits per heavy atom. The van der Waals surface area contributed by atoms with Crippen LogP contribution in [0.3, 0.4) is 0 Å². The summed E-state index contributed by atoms with van der Waals surface area (Å²) in [7, 11) is 1.89. The van der Waals surface area contributed by atoms with E-state index < -0.39 is 0 Å². The summed E-state index contributed by atoms with van der Waals surface area (Å²) >= 11 is 0. The van der Waals surface area contributed by atoms with Crippen molar-refractivity contribution in [2.75, 3.05) is 19.6 Å². The molecule has 2 aliphatic heterocycles. The summed E-state index contributed by atoms with van der Waals surface area (Å²) in [5, 5.41) is 10.7. The number of piperidine rings is 1. The first-order valence-corrected chi connectivity index (χ1v) is 9.32. The first kappa shape index (κ1) is 18.8. The van der Waals surface area contributed by atoms with Gasteiger partial charge < -0.3 is 19.8 Å². The first-order chi connectivity index (χ1) is 13.1. The van der Waals surface area contributed by atoms with Gasteiger partial charge in [-0.3, -0.25) is 9.59 Å². The van der Waals surface area contributed by atoms with E-state index in [2.05, 4.69) is 15.7 Å². The first-order valence-electron chi connectivity index (χ1n) is 9.32. The minimum Gasteiger partial charge on any atom is -0.350 e. The second kappa shape index (κ2) is 7.10. The molecular formula is C19H23ClN6O2. The van der Waals surface area contributed by atoms with Crippen LogP contribution in [0.15, 0.2) is 41.6 Å². The minimum atomic E-state index is -0.164. The Morgan fingerprint density at radius 2 is 2.18 bits per heavy atom. The maximum Gasteiger partial charge on any atom is 0.256 e. The number of aromatic nitrogens is 4. The Morgan fingerprint density at radius 3 is 3.04 bits per heavy atom. The molecule has 3 aromatic heterocycles. The van der Waals surface area contributed by atoms with Crippen LogP contribution in [0, 0.1) is 5.92 Å². The Hall–Kier alpha value is -2.58. The molecule has 0 aromatic carbocycles. The van der Waals surface area contributed by atoms with Crippen molar-refractivity contribution in [2.45, 2.75) is 18.4 Å². The van der Waals surface area contributed by atoms with E-state index in [9.17, 15) is 9.59 Å². The van der Waals surface area contributed by atoms with Crippen LogP contribution in [-0.4, -0.2) is 44.3 Å². The number of halogens is 1. The number of hydrogen-bond donors (Lipinski definition) is 2. The molecule has 9 heteroatoms. The summed E-state index contributed by atoms with van der Waals surface area (Å²) in [5.74, 6) is 0.533. The van der Waals surface area contributed by atoms with Crippen molar-refractivity contribution in [1.29, 1.82) is 0 Å². The smallest absolute Gasteiger partial charge is 0.256 e. The predicted octanol–water partition coefficient (Wildman–Crippen LogP) is 0.934. The summed E-state index contributed by atoms with van der Waals surface area (Å²) < 4.78 is 5.46. The molecule has 1 fully saturated rings. The van der Waals surface area contributed by atoms with Crippen molar-refractivity contribution in [3.05, 3.63) is 58.4 Å². The highest BCUT2D eigenvalue weighted by Gasteiger charge is 2.37. The number of fused-ring (bicyclic) bond motifs is 5. The molecule has 3 atom stereocenters. The second-order valence-corrected chi connectivity index (χ2v) is 7.52. The summed E-state index contributed by atoms with van der Waals surface area (Å²) in [6, 6.07) is 5.44. The third-order valence-corrected chi connectivity index (χ3v) is 5.95. The van der Waals surface area contributed by atoms with Gasteiger partial charge in [0.15, 0.2) is 0 Å². The zero-order chi connectivity index (χ0) is 18.5. The molecule has 0 saturated carbocycles. The fourth-order valence-corrected chi connectivity index (χ4v) is 4.67. The number of hydrogen-bond acceptors (Lipinski definition) is 4. The van der Waals surface area contributed by atoms with Gasteiger partial charge in [0.2, 0.25) is 0 Å². The highest BCUT2D eigenvalue weighted by atomic mass is 35.5. The normalized spacial score (nSPS) is 23.1. The lowest BCUT2D eigenvalue weighted by atomic mass is 9.79. The summed E-state index contributed by atoms with van der Waals surface area (Å²) in [4.78, 5) is 25.4. The molecule has 0 aliphatic carbocycles. The van der Waals surface area contributed by atoms with Crippen LogP contribution in [0.5, 0.6) is 0 Å². The molecule has 2 aliphatic rings. The molecule has 2 N–H and O–H groups in total. The molecular weight excluding hydrogens is 380 g/mol. The second-order valence-electron chi connectivity index (χ2n) is 7.52. The van der Waals surface area contributed by atoms with Gasteiger partial charge in [-0.05, 0) is 18.4 Å². The lowest BCUT2D eigenvalue weighted by Gasteiger charge is -2.43. The lowest BCUT2D eigenvalue weighted by molar-refractivity contribution is 0.0933. The maximum absolute atomic E-state index is 12.8. The van der Waals surface area contributed by atoms with Crippen LogP contribution < -0.4 is 16.2 Å². The largest absolute Gasteiger partial charge is 0.350 e. The van der Waals surface area contributed by atoms with Gasteiger partial charge in [-0.15, -0.1) is 12.4 Å². The average molecular weight is 403 g/mol. The Balaban J connectivity index is 0.00000192. The number of imidazole rings is 1. The van der Waals surface area contributed by atoms with Crippen molar-refractivity contribution in [3.63, 3.8) is 0 Å². The number of aryl methyl sites for hydroxylation is 1. The highest BCUT2D eigenvalue weighted by molar-refractivity contribution is 5.99. The van der Waals surface area contributed by atoms with Crippen molar-refractivity contribution in [2.24, 2.45) is 13.0 Å². The van der Waals surface area contributed by atoms with E-state index in [0.29, 0.717) is 23.9 Å². The molecule has 2 bridgehead atoms. The zero-order valence-electron chi connectivity index (χ0n) is 15.5. The maximum atomic E-state index is 12.8. The molecule has 0 unspecified atom stereocenters. The molecule has 148 valence electrons. The monoisotopic (exact) mass is 402 g/mol. The number of carbonyl (C=O) groups is 1. The minimum absolute atomic E-state index is 0. The van der Waals surface area contributed by atoms with E-state index >= 15 is 0 Å². The number of carbonyl (C=O) groups excluding carboxylic acids is 1. The van der Waals surface area contributed by atoms with Gasteiger partial charge in [0.05, 0.1) is 12.2 Å². The Kier molecular flexibility index (Phi) is 4.76. The molecule has 5 heterocycles. The van der Waals surface area contributed by atoms with Gasteiger partial charge in [-0.2, -0.15) is 5.10 Å². The molecule has 5 rings (SSSR count). The molecule has 3 aromatic rings. The SMILES string of the molecule is Cl.Cn1ccn2ncc(C(=O)NC[C@H]3[C@@H]4CNC[C@@H](C4)c4cccc(=O)n43)c12. The Labute approximate surface area is 167 Å². The van der Waals surface area contributed by atoms with Crippen molar-refractivity contribution in [1.82, 2.24) is 29.4 Å². The van der Waals surface area contributed by atoms with Gasteiger partial charge in [0.1, 0.15) is 11.2 Å². The van der Waals surface area contributed by atoms with E-state index in [1.54, 1.807) is 16.8 Å². The van der Waals surface area contributed by atoms with Crippen molar-refractivity contribution >= 4 is 24.0 Å². The van der Waals surface area contributed by atoms with Crippen LogP contribution in [0.4, 0.5) is 0 Å². The number of pyridine rings is 1. The van der Waals surface area contributed by atoms with Gasteiger partial charge in [0.25, 0.3) is 11.5 Å². The number of nitrogens with one attached hydrogen (secondary N) is 2. The molecule has 0 spiro atoms. The predicted molar refractivity (Wildman–Crippen MR) is 107 cm³/mol. The number of nitrogens with zero attached hydrogens (tertiary/aromatic N) is 4. The summed E-state index contributed by atoms with van der Waals surface area (Å²) in [6.45, 7) is 2.20. The summed E-state index contributed by atoms with van der Waals surface area (Å²) in [5.41, 5.74) is 2.38. The zero-order valence-corrected chi connectivity index (χ0v) is 16.4. The summed E-state index contributed by atoms with van der Waals surface area (Å²) in [6.07, 6.45) is 6.32.